The van der Waals surface area contributed by atoms with E-state index in [2.05, 4.69) is 20.3 Å². The number of benzene rings is 2. The highest BCUT2D eigenvalue weighted by Gasteiger charge is 2.24. The lowest BCUT2D eigenvalue weighted by Crippen LogP contribution is -2.50. The number of alkyl halides is 2. The zero-order valence-electron chi connectivity index (χ0n) is 18.2. The van der Waals surface area contributed by atoms with Crippen LogP contribution in [0.2, 0.25) is 0 Å². The molecule has 1 fully saturated rings. The third kappa shape index (κ3) is 5.51. The first-order valence-corrected chi connectivity index (χ1v) is 10.2. The molecular formula is C22H18F2N4O7. The molecule has 182 valence electrons. The molecule has 1 aliphatic rings. The number of hydrazine groups is 1. The zero-order valence-corrected chi connectivity index (χ0v) is 18.2. The summed E-state index contributed by atoms with van der Waals surface area (Å²) in [6, 6.07) is 10.0. The largest absolute Gasteiger partial charge is 0.493 e. The van der Waals surface area contributed by atoms with Crippen LogP contribution in [0.4, 0.5) is 14.5 Å². The second-order valence-electron chi connectivity index (χ2n) is 7.14. The summed E-state index contributed by atoms with van der Waals surface area (Å²) in [5, 5.41) is 4.91. The van der Waals surface area contributed by atoms with E-state index in [1.54, 1.807) is 0 Å². The number of esters is 1. The summed E-state index contributed by atoms with van der Waals surface area (Å²) >= 11 is 0. The number of nitrogens with one attached hydrogen (secondary N) is 1. The quantitative estimate of drug-likeness (QED) is 0.475. The smallest absolute Gasteiger partial charge is 0.387 e. The molecule has 0 atom stereocenters. The van der Waals surface area contributed by atoms with Gasteiger partial charge in [-0.1, -0.05) is 5.16 Å². The number of anilines is 1. The monoisotopic (exact) mass is 488 g/mol. The Morgan fingerprint density at radius 3 is 2.63 bits per heavy atom. The number of carbonyl (C=O) groups is 3. The molecular weight excluding hydrogens is 470 g/mol. The number of aromatic nitrogens is 2. The fourth-order valence-corrected chi connectivity index (χ4v) is 3.17. The fourth-order valence-electron chi connectivity index (χ4n) is 3.17. The average molecular weight is 488 g/mol. The van der Waals surface area contributed by atoms with E-state index >= 15 is 0 Å². The van der Waals surface area contributed by atoms with Crippen molar-refractivity contribution in [1.82, 2.24) is 15.6 Å². The van der Waals surface area contributed by atoms with Gasteiger partial charge >= 0.3 is 12.6 Å². The Balaban J connectivity index is 1.38. The summed E-state index contributed by atoms with van der Waals surface area (Å²) < 4.78 is 44.6. The summed E-state index contributed by atoms with van der Waals surface area (Å²) in [7, 11) is 1.30. The minimum absolute atomic E-state index is 0.00142. The van der Waals surface area contributed by atoms with Gasteiger partial charge in [0.05, 0.1) is 18.4 Å². The van der Waals surface area contributed by atoms with Crippen LogP contribution in [0.3, 0.4) is 0 Å². The van der Waals surface area contributed by atoms with Gasteiger partial charge in [0.1, 0.15) is 0 Å². The molecule has 1 aromatic heterocycles. The topological polar surface area (TPSA) is 133 Å². The van der Waals surface area contributed by atoms with E-state index in [9.17, 15) is 23.2 Å². The molecule has 4 rings (SSSR count). The minimum atomic E-state index is -3.01. The van der Waals surface area contributed by atoms with Gasteiger partial charge in [-0.05, 0) is 42.5 Å². The minimum Gasteiger partial charge on any atom is -0.493 e. The van der Waals surface area contributed by atoms with Crippen molar-refractivity contribution in [2.45, 2.75) is 26.1 Å². The maximum absolute atomic E-state index is 12.5. The van der Waals surface area contributed by atoms with Gasteiger partial charge < -0.3 is 18.7 Å². The van der Waals surface area contributed by atoms with E-state index in [1.165, 1.54) is 49.6 Å². The normalized spacial score (nSPS) is 13.5. The molecule has 11 nitrogen and oxygen atoms in total. The van der Waals surface area contributed by atoms with Crippen LogP contribution in [0.25, 0.3) is 11.4 Å². The lowest BCUT2D eigenvalue weighted by molar-refractivity contribution is -0.130. The number of ether oxygens (including phenoxy) is 3. The molecule has 0 saturated carbocycles. The molecule has 1 aliphatic heterocycles. The summed E-state index contributed by atoms with van der Waals surface area (Å²) in [5.41, 5.74) is 3.47. The van der Waals surface area contributed by atoms with Crippen molar-refractivity contribution >= 4 is 23.5 Å². The molecule has 3 aromatic rings. The zero-order chi connectivity index (χ0) is 24.9. The van der Waals surface area contributed by atoms with Crippen LogP contribution < -0.4 is 19.9 Å². The molecule has 35 heavy (non-hydrogen) atoms. The molecule has 1 saturated heterocycles. The number of hydrogen-bond donors (Lipinski definition) is 1. The van der Waals surface area contributed by atoms with E-state index in [0.29, 0.717) is 11.3 Å². The van der Waals surface area contributed by atoms with Gasteiger partial charge in [0.25, 0.3) is 5.89 Å². The Labute approximate surface area is 196 Å². The third-order valence-corrected chi connectivity index (χ3v) is 4.85. The summed E-state index contributed by atoms with van der Waals surface area (Å²) in [6.07, 6.45) is 0.227. The van der Waals surface area contributed by atoms with Crippen molar-refractivity contribution in [2.75, 3.05) is 12.1 Å². The average Bonchev–Trinajstić information content (AvgIpc) is 3.33. The highest BCUT2D eigenvalue weighted by molar-refractivity contribution is 6.01. The molecule has 0 unspecified atom stereocenters. The van der Waals surface area contributed by atoms with Crippen LogP contribution in [0.15, 0.2) is 47.0 Å². The Bertz CT molecular complexity index is 1250. The SMILES string of the molecule is COc1cc(-c2noc(COC(=O)c3ccc(N4NC(=O)CCC4=O)cc3)n2)ccc1OC(F)F. The van der Waals surface area contributed by atoms with E-state index in [4.69, 9.17) is 14.0 Å². The van der Waals surface area contributed by atoms with E-state index < -0.39 is 12.6 Å². The molecule has 0 aliphatic carbocycles. The highest BCUT2D eigenvalue weighted by atomic mass is 19.3. The Morgan fingerprint density at radius 2 is 1.91 bits per heavy atom. The number of hydrogen-bond acceptors (Lipinski definition) is 9. The van der Waals surface area contributed by atoms with Crippen LogP contribution >= 0.6 is 0 Å². The highest BCUT2D eigenvalue weighted by Crippen LogP contribution is 2.32. The molecule has 0 bridgehead atoms. The maximum atomic E-state index is 12.5. The molecule has 2 aromatic carbocycles. The number of rotatable bonds is 8. The number of methoxy groups -OCH3 is 1. The maximum Gasteiger partial charge on any atom is 0.387 e. The summed E-state index contributed by atoms with van der Waals surface area (Å²) in [5.74, 6) is -1.20. The number of nitrogens with zero attached hydrogens (tertiary/aromatic N) is 3. The molecule has 1 N–H and O–H groups in total. The van der Waals surface area contributed by atoms with Gasteiger partial charge in [0, 0.05) is 18.4 Å². The van der Waals surface area contributed by atoms with Crippen molar-refractivity contribution < 1.29 is 41.9 Å². The van der Waals surface area contributed by atoms with Crippen molar-refractivity contribution in [3.8, 4) is 22.9 Å². The van der Waals surface area contributed by atoms with Gasteiger partial charge in [-0.25, -0.2) is 9.80 Å². The van der Waals surface area contributed by atoms with Gasteiger partial charge in [0.15, 0.2) is 18.1 Å². The first kappa shape index (κ1) is 23.6. The molecule has 2 amide bonds. The molecule has 0 spiro atoms. The van der Waals surface area contributed by atoms with Crippen LogP contribution in [0.1, 0.15) is 29.1 Å². The van der Waals surface area contributed by atoms with E-state index in [0.717, 1.165) is 5.01 Å². The molecule has 0 radical (unpaired) electrons. The van der Waals surface area contributed by atoms with Crippen molar-refractivity contribution in [3.05, 3.63) is 53.9 Å². The first-order valence-electron chi connectivity index (χ1n) is 10.2. The summed E-state index contributed by atoms with van der Waals surface area (Å²) in [6.45, 7) is -3.33. The Morgan fingerprint density at radius 1 is 1.14 bits per heavy atom. The van der Waals surface area contributed by atoms with Crippen molar-refractivity contribution in [3.63, 3.8) is 0 Å². The van der Waals surface area contributed by atoms with Crippen LogP contribution in [-0.4, -0.2) is 41.6 Å². The van der Waals surface area contributed by atoms with Crippen molar-refractivity contribution in [1.29, 1.82) is 0 Å². The Kier molecular flexibility index (Phi) is 6.85. The van der Waals surface area contributed by atoms with Gasteiger partial charge in [-0.15, -0.1) is 0 Å². The fraction of sp³-hybridized carbons (Fsp3) is 0.227. The van der Waals surface area contributed by atoms with E-state index in [1.807, 2.05) is 0 Å². The van der Waals surface area contributed by atoms with Crippen molar-refractivity contribution in [2.24, 2.45) is 0 Å². The van der Waals surface area contributed by atoms with Gasteiger partial charge in [-0.2, -0.15) is 13.8 Å². The van der Waals surface area contributed by atoms with Crippen LogP contribution in [0.5, 0.6) is 11.5 Å². The predicted molar refractivity (Wildman–Crippen MR) is 113 cm³/mol. The number of carbonyl (C=O) groups excluding carboxylic acids is 3. The number of halogens is 2. The molecule has 2 heterocycles. The lowest BCUT2D eigenvalue weighted by atomic mass is 10.2. The second-order valence-corrected chi connectivity index (χ2v) is 7.14. The first-order chi connectivity index (χ1) is 16.8. The predicted octanol–water partition coefficient (Wildman–Crippen LogP) is 2.86. The van der Waals surface area contributed by atoms with Gasteiger partial charge in [-0.3, -0.25) is 15.0 Å². The van der Waals surface area contributed by atoms with Crippen LogP contribution in [-0.2, 0) is 20.9 Å². The number of amides is 2. The Hall–Kier alpha value is -4.55. The summed E-state index contributed by atoms with van der Waals surface area (Å²) in [4.78, 5) is 40.0. The standard InChI is InChI=1S/C22H18F2N4O7/c1-32-16-10-13(4-7-15(16)34-22(23)24)20-25-18(35-27-20)11-33-21(31)12-2-5-14(6-3-12)28-19(30)9-8-17(29)26-28/h2-7,10,22H,8-9,11H2,1H3,(H,26,29). The molecule has 13 heteroatoms. The van der Waals surface area contributed by atoms with Gasteiger partial charge in [0.2, 0.25) is 17.6 Å². The van der Waals surface area contributed by atoms with Crippen LogP contribution in [0, 0.1) is 0 Å². The lowest BCUT2D eigenvalue weighted by Gasteiger charge is -2.27. The second kappa shape index (κ2) is 10.2. The van der Waals surface area contributed by atoms with E-state index in [-0.39, 0.29) is 60.0 Å². The third-order valence-electron chi connectivity index (χ3n) is 4.85.